The summed E-state index contributed by atoms with van der Waals surface area (Å²) in [6.07, 6.45) is -4.48. The molecule has 0 amide bonds. The molecule has 2 aromatic heterocycles. The Morgan fingerprint density at radius 2 is 1.83 bits per heavy atom. The largest absolute Gasteiger partial charge is 0.388 e. The third kappa shape index (κ3) is 6.13. The summed E-state index contributed by atoms with van der Waals surface area (Å²) in [5, 5.41) is 24.3. The number of ether oxygens (including phenoxy) is 1. The van der Waals surface area contributed by atoms with E-state index in [1.165, 1.54) is 10.9 Å². The minimum atomic E-state index is -4.71. The molecule has 1 aliphatic rings. The summed E-state index contributed by atoms with van der Waals surface area (Å²) in [6, 6.07) is 9.48. The predicted octanol–water partition coefficient (Wildman–Crippen LogP) is 2.07. The van der Waals surface area contributed by atoms with Crippen LogP contribution in [0.4, 0.5) is 5.82 Å². The molecular weight excluding hydrogens is 536 g/mol. The summed E-state index contributed by atoms with van der Waals surface area (Å²) in [5.41, 5.74) is 1.57. The summed E-state index contributed by atoms with van der Waals surface area (Å²) in [7, 11) is -8.89. The van der Waals surface area contributed by atoms with Gasteiger partial charge in [-0.2, -0.15) is 9.97 Å². The number of nitrogens with zero attached hydrogens (tertiary/aromatic N) is 4. The molecule has 36 heavy (non-hydrogen) atoms. The number of aromatic nitrogens is 4. The van der Waals surface area contributed by atoms with Crippen molar-refractivity contribution in [3.8, 4) is 0 Å². The van der Waals surface area contributed by atoms with Gasteiger partial charge in [0.2, 0.25) is 12.7 Å². The first kappa shape index (κ1) is 27.1. The highest BCUT2D eigenvalue weighted by Crippen LogP contribution is 2.55. The van der Waals surface area contributed by atoms with Gasteiger partial charge in [-0.15, -0.1) is 0 Å². The van der Waals surface area contributed by atoms with Gasteiger partial charge in [-0.25, -0.2) is 4.98 Å². The Labute approximate surface area is 210 Å². The average molecular weight is 562 g/mol. The molecule has 0 radical (unpaired) electrons. The molecule has 13 nitrogen and oxygen atoms in total. The third-order valence-electron chi connectivity index (χ3n) is 5.83. The van der Waals surface area contributed by atoms with Crippen LogP contribution in [0.25, 0.3) is 11.2 Å². The van der Waals surface area contributed by atoms with Crippen LogP contribution in [0.2, 0.25) is 5.28 Å². The van der Waals surface area contributed by atoms with Gasteiger partial charge in [-0.1, -0.05) is 30.3 Å². The number of rotatable bonds is 9. The molecule has 1 aliphatic heterocycles. The zero-order valence-corrected chi connectivity index (χ0v) is 21.5. The summed E-state index contributed by atoms with van der Waals surface area (Å²) in [6.45, 7) is 1.94. The number of benzene rings is 1. The fraction of sp³-hybridized carbons (Fsp3) is 0.450. The Kier molecular flexibility index (Phi) is 7.87. The maximum absolute atomic E-state index is 12.1. The highest BCUT2D eigenvalue weighted by molar-refractivity contribution is 7.72. The molecule has 3 aromatic rings. The van der Waals surface area contributed by atoms with Crippen LogP contribution in [-0.2, 0) is 13.9 Å². The van der Waals surface area contributed by atoms with Crippen LogP contribution in [0, 0.1) is 0 Å². The van der Waals surface area contributed by atoms with E-state index in [4.69, 9.17) is 26.1 Å². The van der Waals surface area contributed by atoms with Gasteiger partial charge < -0.3 is 34.9 Å². The van der Waals surface area contributed by atoms with Crippen molar-refractivity contribution in [2.24, 2.45) is 0 Å². The van der Waals surface area contributed by atoms with E-state index < -0.39 is 51.6 Å². The van der Waals surface area contributed by atoms with E-state index >= 15 is 0 Å². The second-order valence-electron chi connectivity index (χ2n) is 8.65. The molecule has 5 unspecified atom stereocenters. The predicted molar refractivity (Wildman–Crippen MR) is 131 cm³/mol. The molecule has 3 heterocycles. The van der Waals surface area contributed by atoms with Crippen LogP contribution in [0.3, 0.4) is 0 Å². The monoisotopic (exact) mass is 561 g/mol. The molecule has 16 heteroatoms. The standard InChI is InChI=1S/C20H26ClN5O8P2/c1-11(12-5-3-2-4-6-12)23-17-14-18(25-20(21)24-17)26(9-22-14)19-16(28)15(27)13(34-19)7-8-35(29,30)10-36(31,32)33/h2-6,9,11,13,15-16,19,27-28H,7-8,10H2,1H3,(H,29,30)(H,23,24,25)(H2,31,32,33)/t11-,13?,15?,16?,19?/m0/s1. The average Bonchev–Trinajstić information content (AvgIpc) is 3.32. The quantitative estimate of drug-likeness (QED) is 0.164. The number of hydrogen-bond donors (Lipinski definition) is 6. The zero-order chi connectivity index (χ0) is 26.3. The number of hydrogen-bond acceptors (Lipinski definition) is 9. The van der Waals surface area contributed by atoms with E-state index in [0.29, 0.717) is 11.3 Å². The molecule has 1 aromatic carbocycles. The Bertz CT molecular complexity index is 1320. The highest BCUT2D eigenvalue weighted by atomic mass is 35.5. The molecule has 1 fully saturated rings. The van der Waals surface area contributed by atoms with Crippen molar-refractivity contribution < 1.29 is 38.8 Å². The van der Waals surface area contributed by atoms with Crippen molar-refractivity contribution in [3.05, 3.63) is 47.5 Å². The SMILES string of the molecule is C[C@H](Nc1nc(Cl)nc2c1ncn2C1OC(CCP(=O)(O)CP(=O)(O)O)C(O)C1O)c1ccccc1. The first-order valence-corrected chi connectivity index (χ1v) is 15.1. The van der Waals surface area contributed by atoms with Gasteiger partial charge in [0.25, 0.3) is 0 Å². The van der Waals surface area contributed by atoms with Crippen LogP contribution in [0.5, 0.6) is 0 Å². The number of anilines is 1. The maximum Gasteiger partial charge on any atom is 0.335 e. The first-order valence-electron chi connectivity index (χ1n) is 10.9. The van der Waals surface area contributed by atoms with Gasteiger partial charge in [0.05, 0.1) is 18.5 Å². The lowest BCUT2D eigenvalue weighted by Crippen LogP contribution is -2.32. The van der Waals surface area contributed by atoms with Gasteiger partial charge in [-0.3, -0.25) is 13.7 Å². The number of aliphatic hydroxyl groups excluding tert-OH is 2. The summed E-state index contributed by atoms with van der Waals surface area (Å²) in [4.78, 5) is 40.6. The van der Waals surface area contributed by atoms with Gasteiger partial charge in [0, 0.05) is 6.16 Å². The molecule has 4 rings (SSSR count). The molecule has 0 aliphatic carbocycles. The number of imidazole rings is 1. The highest BCUT2D eigenvalue weighted by Gasteiger charge is 2.45. The molecule has 1 saturated heterocycles. The fourth-order valence-electron chi connectivity index (χ4n) is 4.09. The van der Waals surface area contributed by atoms with E-state index in [1.54, 1.807) is 0 Å². The van der Waals surface area contributed by atoms with E-state index in [9.17, 15) is 24.2 Å². The van der Waals surface area contributed by atoms with Crippen molar-refractivity contribution in [1.29, 1.82) is 0 Å². The number of halogens is 1. The minimum absolute atomic E-state index is 0.0877. The Morgan fingerprint density at radius 1 is 1.14 bits per heavy atom. The Balaban J connectivity index is 1.55. The Morgan fingerprint density at radius 3 is 2.50 bits per heavy atom. The summed E-state index contributed by atoms with van der Waals surface area (Å²) >= 11 is 6.16. The Hall–Kier alpha value is -1.92. The molecule has 196 valence electrons. The van der Waals surface area contributed by atoms with E-state index in [1.807, 2.05) is 37.3 Å². The van der Waals surface area contributed by atoms with Crippen molar-refractivity contribution in [2.75, 3.05) is 17.4 Å². The normalized spacial score (nSPS) is 25.1. The molecule has 0 bridgehead atoms. The van der Waals surface area contributed by atoms with Crippen molar-refractivity contribution in [2.45, 2.75) is 43.9 Å². The lowest BCUT2D eigenvalue weighted by atomic mass is 10.1. The summed E-state index contributed by atoms with van der Waals surface area (Å²) < 4.78 is 30.4. The number of fused-ring (bicyclic) bond motifs is 1. The lowest BCUT2D eigenvalue weighted by Gasteiger charge is -2.18. The van der Waals surface area contributed by atoms with Gasteiger partial charge in [0.15, 0.2) is 23.2 Å². The van der Waals surface area contributed by atoms with Gasteiger partial charge in [0.1, 0.15) is 18.1 Å². The minimum Gasteiger partial charge on any atom is -0.388 e. The fourth-order valence-corrected chi connectivity index (χ4v) is 7.78. The van der Waals surface area contributed by atoms with Crippen LogP contribution < -0.4 is 5.32 Å². The van der Waals surface area contributed by atoms with Crippen LogP contribution in [0.1, 0.15) is 31.2 Å². The summed E-state index contributed by atoms with van der Waals surface area (Å²) in [5.74, 6) is -0.823. The van der Waals surface area contributed by atoms with Crippen LogP contribution in [0.15, 0.2) is 36.7 Å². The molecular formula is C20H26ClN5O8P2. The number of nitrogens with one attached hydrogen (secondary N) is 1. The second-order valence-corrected chi connectivity index (χ2v) is 13.6. The van der Waals surface area contributed by atoms with Crippen LogP contribution >= 0.6 is 26.6 Å². The van der Waals surface area contributed by atoms with E-state index in [0.717, 1.165) is 5.56 Å². The first-order chi connectivity index (χ1) is 16.8. The van der Waals surface area contributed by atoms with Crippen molar-refractivity contribution in [1.82, 2.24) is 19.5 Å². The van der Waals surface area contributed by atoms with Crippen molar-refractivity contribution in [3.63, 3.8) is 0 Å². The smallest absolute Gasteiger partial charge is 0.335 e. The molecule has 6 N–H and O–H groups in total. The van der Waals surface area contributed by atoms with Gasteiger partial charge >= 0.3 is 7.60 Å². The van der Waals surface area contributed by atoms with Crippen LogP contribution in [-0.4, -0.2) is 74.8 Å². The van der Waals surface area contributed by atoms with Gasteiger partial charge in [-0.05, 0) is 30.5 Å². The van der Waals surface area contributed by atoms with E-state index in [2.05, 4.69) is 20.3 Å². The number of aliphatic hydroxyl groups is 2. The second kappa shape index (κ2) is 10.4. The zero-order valence-electron chi connectivity index (χ0n) is 19.0. The molecule has 0 saturated carbocycles. The topological polar surface area (TPSA) is 200 Å². The van der Waals surface area contributed by atoms with Crippen molar-refractivity contribution >= 4 is 43.5 Å². The molecule has 6 atom stereocenters. The van der Waals surface area contributed by atoms with E-state index in [-0.39, 0.29) is 23.4 Å². The maximum atomic E-state index is 12.1. The lowest BCUT2D eigenvalue weighted by molar-refractivity contribution is -0.0354. The molecule has 0 spiro atoms. The third-order valence-corrected chi connectivity index (χ3v) is 10.2.